The molecule has 0 saturated heterocycles. The van der Waals surface area contributed by atoms with E-state index in [-0.39, 0.29) is 11.7 Å². The van der Waals surface area contributed by atoms with Crippen LogP contribution in [0.25, 0.3) is 0 Å². The first-order valence-corrected chi connectivity index (χ1v) is 5.32. The summed E-state index contributed by atoms with van der Waals surface area (Å²) in [7, 11) is 0. The molecule has 0 aromatic carbocycles. The molecule has 0 atom stereocenters. The summed E-state index contributed by atoms with van der Waals surface area (Å²) in [5.74, 6) is 0.0706. The van der Waals surface area contributed by atoms with Gasteiger partial charge in [-0.2, -0.15) is 0 Å². The minimum Gasteiger partial charge on any atom is -0.349 e. The highest BCUT2D eigenvalue weighted by molar-refractivity contribution is 5.90. The number of nitrogens with one attached hydrogen (secondary N) is 1. The third-order valence-corrected chi connectivity index (χ3v) is 2.06. The summed E-state index contributed by atoms with van der Waals surface area (Å²) >= 11 is 0. The van der Waals surface area contributed by atoms with E-state index in [2.05, 4.69) is 22.2 Å². The minimum absolute atomic E-state index is 0.185. The molecule has 82 valence electrons. The third kappa shape index (κ3) is 4.06. The highest BCUT2D eigenvalue weighted by Gasteiger charge is 2.07. The fourth-order valence-electron chi connectivity index (χ4n) is 1.21. The monoisotopic (exact) mass is 207 g/mol. The van der Waals surface area contributed by atoms with Gasteiger partial charge >= 0.3 is 0 Å². The molecule has 1 amide bonds. The fraction of sp³-hybridized carbons (Fsp3) is 0.545. The zero-order chi connectivity index (χ0) is 11.1. The molecule has 1 aromatic heterocycles. The first-order valence-electron chi connectivity index (χ1n) is 5.32. The molecule has 0 saturated carbocycles. The number of aryl methyl sites for hydroxylation is 1. The molecule has 0 spiro atoms. The summed E-state index contributed by atoms with van der Waals surface area (Å²) in [5.41, 5.74) is 0.809. The van der Waals surface area contributed by atoms with Crippen molar-refractivity contribution in [2.24, 2.45) is 0 Å². The molecule has 0 aliphatic rings. The quantitative estimate of drug-likeness (QED) is 0.748. The number of carbonyl (C=O) groups is 1. The van der Waals surface area contributed by atoms with Gasteiger partial charge in [0.2, 0.25) is 5.82 Å². The van der Waals surface area contributed by atoms with E-state index in [9.17, 15) is 4.79 Å². The Hall–Kier alpha value is -1.45. The average Bonchev–Trinajstić information content (AvgIpc) is 2.24. The third-order valence-electron chi connectivity index (χ3n) is 2.06. The Kier molecular flexibility index (Phi) is 4.74. The van der Waals surface area contributed by atoms with E-state index in [0.717, 1.165) is 25.0 Å². The second kappa shape index (κ2) is 6.11. The smallest absolute Gasteiger partial charge is 0.289 e. The van der Waals surface area contributed by atoms with Crippen LogP contribution in [0.15, 0.2) is 12.3 Å². The molecule has 4 nitrogen and oxygen atoms in total. The van der Waals surface area contributed by atoms with Gasteiger partial charge in [0.1, 0.15) is 0 Å². The van der Waals surface area contributed by atoms with Crippen LogP contribution in [0.4, 0.5) is 0 Å². The van der Waals surface area contributed by atoms with Crippen molar-refractivity contribution in [3.05, 3.63) is 23.8 Å². The van der Waals surface area contributed by atoms with Gasteiger partial charge in [-0.25, -0.2) is 9.97 Å². The first-order chi connectivity index (χ1) is 7.24. The van der Waals surface area contributed by atoms with E-state index < -0.39 is 0 Å². The molecular formula is C11H17N3O. The van der Waals surface area contributed by atoms with Crippen molar-refractivity contribution in [1.29, 1.82) is 0 Å². The maximum Gasteiger partial charge on any atom is 0.289 e. The van der Waals surface area contributed by atoms with Crippen molar-refractivity contribution in [2.45, 2.75) is 33.1 Å². The number of amides is 1. The van der Waals surface area contributed by atoms with Gasteiger partial charge in [0.15, 0.2) is 0 Å². The predicted octanol–water partition coefficient (Wildman–Crippen LogP) is 1.71. The van der Waals surface area contributed by atoms with Gasteiger partial charge in [0.05, 0.1) is 0 Å². The molecule has 0 bridgehead atoms. The number of rotatable bonds is 5. The lowest BCUT2D eigenvalue weighted by atomic mass is 10.2. The van der Waals surface area contributed by atoms with Gasteiger partial charge in [0, 0.05) is 18.4 Å². The molecule has 0 aliphatic carbocycles. The molecule has 15 heavy (non-hydrogen) atoms. The molecular weight excluding hydrogens is 190 g/mol. The average molecular weight is 207 g/mol. The summed E-state index contributed by atoms with van der Waals surface area (Å²) in [5, 5.41) is 2.80. The Balaban J connectivity index is 2.40. The van der Waals surface area contributed by atoms with E-state index in [4.69, 9.17) is 0 Å². The van der Waals surface area contributed by atoms with Gasteiger partial charge in [-0.1, -0.05) is 19.8 Å². The van der Waals surface area contributed by atoms with Crippen LogP contribution < -0.4 is 5.32 Å². The molecule has 0 unspecified atom stereocenters. The van der Waals surface area contributed by atoms with Crippen LogP contribution in [0.2, 0.25) is 0 Å². The summed E-state index contributed by atoms with van der Waals surface area (Å²) in [4.78, 5) is 19.5. The molecule has 1 rings (SSSR count). The van der Waals surface area contributed by atoms with E-state index in [1.807, 2.05) is 6.92 Å². The SMILES string of the molecule is CCCCCNC(=O)c1nccc(C)n1. The van der Waals surface area contributed by atoms with Crippen molar-refractivity contribution in [1.82, 2.24) is 15.3 Å². The summed E-state index contributed by atoms with van der Waals surface area (Å²) in [6.07, 6.45) is 4.89. The maximum absolute atomic E-state index is 11.5. The van der Waals surface area contributed by atoms with Crippen molar-refractivity contribution < 1.29 is 4.79 Å². The molecule has 1 aromatic rings. The van der Waals surface area contributed by atoms with Crippen molar-refractivity contribution in [3.63, 3.8) is 0 Å². The molecule has 4 heteroatoms. The normalized spacial score (nSPS) is 10.0. The van der Waals surface area contributed by atoms with Crippen LogP contribution in [-0.2, 0) is 0 Å². The standard InChI is InChI=1S/C11H17N3O/c1-3-4-5-7-13-11(15)10-12-8-6-9(2)14-10/h6,8H,3-5,7H2,1-2H3,(H,13,15). The van der Waals surface area contributed by atoms with E-state index >= 15 is 0 Å². The summed E-state index contributed by atoms with van der Waals surface area (Å²) in [6, 6.07) is 1.77. The van der Waals surface area contributed by atoms with Gasteiger partial charge in [-0.05, 0) is 19.4 Å². The zero-order valence-corrected chi connectivity index (χ0v) is 9.29. The second-order valence-electron chi connectivity index (χ2n) is 3.48. The number of nitrogens with zero attached hydrogens (tertiary/aromatic N) is 2. The van der Waals surface area contributed by atoms with E-state index in [1.54, 1.807) is 12.3 Å². The number of aromatic nitrogens is 2. The largest absolute Gasteiger partial charge is 0.349 e. The molecule has 0 radical (unpaired) electrons. The lowest BCUT2D eigenvalue weighted by Crippen LogP contribution is -2.26. The number of hydrogen-bond donors (Lipinski definition) is 1. The van der Waals surface area contributed by atoms with Crippen LogP contribution >= 0.6 is 0 Å². The Bertz CT molecular complexity index is 325. The lowest BCUT2D eigenvalue weighted by Gasteiger charge is -2.03. The Labute approximate surface area is 90.1 Å². The van der Waals surface area contributed by atoms with Crippen LogP contribution in [0.3, 0.4) is 0 Å². The van der Waals surface area contributed by atoms with Crippen molar-refractivity contribution in [3.8, 4) is 0 Å². The van der Waals surface area contributed by atoms with Gasteiger partial charge in [-0.15, -0.1) is 0 Å². The highest BCUT2D eigenvalue weighted by Crippen LogP contribution is 1.95. The fourth-order valence-corrected chi connectivity index (χ4v) is 1.21. The van der Waals surface area contributed by atoms with Gasteiger partial charge in [0.25, 0.3) is 5.91 Å². The lowest BCUT2D eigenvalue weighted by molar-refractivity contribution is 0.0942. The number of hydrogen-bond acceptors (Lipinski definition) is 3. The Morgan fingerprint density at radius 1 is 1.47 bits per heavy atom. The Morgan fingerprint density at radius 3 is 2.93 bits per heavy atom. The number of carbonyl (C=O) groups excluding carboxylic acids is 1. The Morgan fingerprint density at radius 2 is 2.27 bits per heavy atom. The van der Waals surface area contributed by atoms with E-state index in [0.29, 0.717) is 6.54 Å². The topological polar surface area (TPSA) is 54.9 Å². The van der Waals surface area contributed by atoms with E-state index in [1.165, 1.54) is 0 Å². The minimum atomic E-state index is -0.185. The predicted molar refractivity (Wildman–Crippen MR) is 58.6 cm³/mol. The summed E-state index contributed by atoms with van der Waals surface area (Å²) in [6.45, 7) is 4.67. The van der Waals surface area contributed by atoms with Crippen molar-refractivity contribution in [2.75, 3.05) is 6.54 Å². The van der Waals surface area contributed by atoms with Crippen LogP contribution in [0.5, 0.6) is 0 Å². The van der Waals surface area contributed by atoms with Crippen LogP contribution in [-0.4, -0.2) is 22.4 Å². The second-order valence-corrected chi connectivity index (χ2v) is 3.48. The molecule has 0 aliphatic heterocycles. The highest BCUT2D eigenvalue weighted by atomic mass is 16.2. The summed E-state index contributed by atoms with van der Waals surface area (Å²) < 4.78 is 0. The van der Waals surface area contributed by atoms with Crippen LogP contribution in [0.1, 0.15) is 42.5 Å². The van der Waals surface area contributed by atoms with Gasteiger partial charge in [-0.3, -0.25) is 4.79 Å². The van der Waals surface area contributed by atoms with Gasteiger partial charge < -0.3 is 5.32 Å². The number of unbranched alkanes of at least 4 members (excludes halogenated alkanes) is 2. The molecule has 0 fully saturated rings. The maximum atomic E-state index is 11.5. The van der Waals surface area contributed by atoms with Crippen molar-refractivity contribution >= 4 is 5.91 Å². The van der Waals surface area contributed by atoms with Crippen LogP contribution in [0, 0.1) is 6.92 Å². The molecule has 1 heterocycles. The zero-order valence-electron chi connectivity index (χ0n) is 9.29. The first kappa shape index (κ1) is 11.6. The molecule has 1 N–H and O–H groups in total.